The topological polar surface area (TPSA) is 0 Å². The number of hydrogen-bond acceptors (Lipinski definition) is 0. The molecule has 0 bridgehead atoms. The molecule has 2 unspecified atom stereocenters. The van der Waals surface area contributed by atoms with E-state index in [1.165, 1.54) is 110 Å². The van der Waals surface area contributed by atoms with Crippen LogP contribution in [0.1, 0.15) is 118 Å². The molecule has 0 saturated heterocycles. The lowest BCUT2D eigenvalue weighted by Crippen LogP contribution is -2.05. The minimum Gasteiger partial charge on any atom is -0.0749 e. The fraction of sp³-hybridized carbons (Fsp3) is 1.00. The van der Waals surface area contributed by atoms with Crippen molar-refractivity contribution >= 4 is 7.28 Å². The summed E-state index contributed by atoms with van der Waals surface area (Å²) in [5, 5.41) is 0. The van der Waals surface area contributed by atoms with Gasteiger partial charge in [0.05, 0.1) is 0 Å². The van der Waals surface area contributed by atoms with E-state index in [0.29, 0.717) is 0 Å². The van der Waals surface area contributed by atoms with Gasteiger partial charge >= 0.3 is 0 Å². The zero-order chi connectivity index (χ0) is 17.2. The number of rotatable bonds is 18. The number of hydrogen-bond donors (Lipinski definition) is 0. The zero-order valence-electron chi connectivity index (χ0n) is 17.2. The Morgan fingerprint density at radius 3 is 1.26 bits per heavy atom. The molecule has 0 aliphatic carbocycles. The van der Waals surface area contributed by atoms with Gasteiger partial charge in [0, 0.05) is 0 Å². The first kappa shape index (κ1) is 23.1. The lowest BCUT2D eigenvalue weighted by molar-refractivity contribution is 0.501. The molecule has 0 rings (SSSR count). The van der Waals surface area contributed by atoms with Crippen molar-refractivity contribution in [1.82, 2.24) is 0 Å². The molecule has 0 fully saturated rings. The van der Waals surface area contributed by atoms with Crippen LogP contribution in [0.4, 0.5) is 0 Å². The van der Waals surface area contributed by atoms with Crippen molar-refractivity contribution < 1.29 is 0 Å². The van der Waals surface area contributed by atoms with Gasteiger partial charge in [-0.1, -0.05) is 142 Å². The third-order valence-electron chi connectivity index (χ3n) is 5.49. The Labute approximate surface area is 149 Å². The van der Waals surface area contributed by atoms with E-state index < -0.39 is 0 Å². The highest BCUT2D eigenvalue weighted by molar-refractivity contribution is 6.35. The van der Waals surface area contributed by atoms with Crippen molar-refractivity contribution in [1.29, 1.82) is 0 Å². The van der Waals surface area contributed by atoms with E-state index >= 15 is 0 Å². The summed E-state index contributed by atoms with van der Waals surface area (Å²) in [6, 6.07) is 0. The van der Waals surface area contributed by atoms with E-state index in [0.717, 1.165) is 11.8 Å². The van der Waals surface area contributed by atoms with Crippen LogP contribution in [0.15, 0.2) is 0 Å². The van der Waals surface area contributed by atoms with E-state index in [4.69, 9.17) is 0 Å². The molecule has 0 heterocycles. The van der Waals surface area contributed by atoms with Gasteiger partial charge in [-0.25, -0.2) is 0 Å². The molecular weight excluding hydrogens is 275 g/mol. The highest BCUT2D eigenvalue weighted by Crippen LogP contribution is 2.19. The summed E-state index contributed by atoms with van der Waals surface area (Å²) in [5.41, 5.74) is 0. The molecule has 2 atom stereocenters. The molecule has 0 spiro atoms. The number of unbranched alkanes of at least 4 members (excludes halogenated alkanes) is 10. The van der Waals surface area contributed by atoms with Crippen LogP contribution >= 0.6 is 0 Å². The van der Waals surface area contributed by atoms with Gasteiger partial charge < -0.3 is 0 Å². The largest absolute Gasteiger partial charge is 0.121 e. The van der Waals surface area contributed by atoms with Crippen LogP contribution in [0.2, 0.25) is 12.6 Å². The molecule has 1 heteroatoms. The molecule has 0 aromatic heterocycles. The summed E-state index contributed by atoms with van der Waals surface area (Å²) >= 11 is 0. The fourth-order valence-corrected chi connectivity index (χ4v) is 3.65. The minimum atomic E-state index is 0.961. The summed E-state index contributed by atoms with van der Waals surface area (Å²) in [6.07, 6.45) is 23.2. The Bertz CT molecular complexity index is 192. The van der Waals surface area contributed by atoms with Crippen molar-refractivity contribution in [2.45, 2.75) is 130 Å². The highest BCUT2D eigenvalue weighted by Gasteiger charge is 2.07. The highest BCUT2D eigenvalue weighted by atomic mass is 14.1. The Hall–Kier alpha value is 0.0649. The van der Waals surface area contributed by atoms with E-state index in [2.05, 4.69) is 27.7 Å². The van der Waals surface area contributed by atoms with Gasteiger partial charge in [0.25, 0.3) is 0 Å². The Morgan fingerprint density at radius 2 is 0.870 bits per heavy atom. The van der Waals surface area contributed by atoms with Crippen molar-refractivity contribution in [3.05, 3.63) is 0 Å². The first-order chi connectivity index (χ1) is 11.2. The van der Waals surface area contributed by atoms with E-state index in [9.17, 15) is 0 Å². The van der Waals surface area contributed by atoms with Gasteiger partial charge in [-0.05, 0) is 0 Å². The van der Waals surface area contributed by atoms with Crippen LogP contribution in [0, 0.1) is 11.8 Å². The van der Waals surface area contributed by atoms with Gasteiger partial charge in [0.15, 0.2) is 0 Å². The summed E-state index contributed by atoms with van der Waals surface area (Å²) in [5.74, 6) is 1.92. The lowest BCUT2D eigenvalue weighted by Gasteiger charge is -2.13. The van der Waals surface area contributed by atoms with Gasteiger partial charge in [-0.2, -0.15) is 0 Å². The predicted molar refractivity (Wildman–Crippen MR) is 111 cm³/mol. The first-order valence-electron chi connectivity index (χ1n) is 11.2. The van der Waals surface area contributed by atoms with Gasteiger partial charge in [-0.15, -0.1) is 0 Å². The first-order valence-corrected chi connectivity index (χ1v) is 11.2. The Morgan fingerprint density at radius 1 is 0.522 bits per heavy atom. The van der Waals surface area contributed by atoms with Crippen molar-refractivity contribution in [3.63, 3.8) is 0 Å². The molecular formula is C22H47B. The van der Waals surface area contributed by atoms with Crippen LogP contribution in [0.3, 0.4) is 0 Å². The molecule has 23 heavy (non-hydrogen) atoms. The van der Waals surface area contributed by atoms with Crippen molar-refractivity contribution in [3.8, 4) is 0 Å². The monoisotopic (exact) mass is 322 g/mol. The average molecular weight is 322 g/mol. The molecule has 138 valence electrons. The Balaban J connectivity index is 3.30. The molecule has 0 N–H and O–H groups in total. The quantitative estimate of drug-likeness (QED) is 0.177. The van der Waals surface area contributed by atoms with E-state index in [1.54, 1.807) is 0 Å². The summed E-state index contributed by atoms with van der Waals surface area (Å²) < 4.78 is 0. The Kier molecular flexibility index (Phi) is 18.5. The second-order valence-corrected chi connectivity index (χ2v) is 8.25. The third-order valence-corrected chi connectivity index (χ3v) is 5.49. The third kappa shape index (κ3) is 18.2. The van der Waals surface area contributed by atoms with Gasteiger partial charge in [0.2, 0.25) is 0 Å². The maximum absolute atomic E-state index is 2.48. The molecule has 0 saturated carbocycles. The van der Waals surface area contributed by atoms with Crippen LogP contribution in [0.5, 0.6) is 0 Å². The standard InChI is InChI=1S/C22H47B/c1-5-7-9-11-13-15-17-21(3)19-23-20-22(4)18-16-14-12-10-8-6-2/h21-23H,5-20H2,1-4H3. The van der Waals surface area contributed by atoms with E-state index in [1.807, 2.05) is 0 Å². The molecule has 0 nitrogen and oxygen atoms in total. The SMILES string of the molecule is CCCCCCCCC(C)CBCC(C)CCCCCCCC. The van der Waals surface area contributed by atoms with Crippen molar-refractivity contribution in [2.24, 2.45) is 11.8 Å². The van der Waals surface area contributed by atoms with Gasteiger partial charge in [-0.3, -0.25) is 0 Å². The van der Waals surface area contributed by atoms with E-state index in [-0.39, 0.29) is 0 Å². The molecule has 0 aromatic rings. The molecule has 0 aromatic carbocycles. The smallest absolute Gasteiger partial charge is 0.0749 e. The van der Waals surface area contributed by atoms with Crippen LogP contribution < -0.4 is 0 Å². The summed E-state index contributed by atoms with van der Waals surface area (Å²) in [6.45, 7) is 9.56. The summed E-state index contributed by atoms with van der Waals surface area (Å²) in [4.78, 5) is 0. The predicted octanol–water partition coefficient (Wildman–Crippen LogP) is 8.03. The van der Waals surface area contributed by atoms with Crippen LogP contribution in [0.25, 0.3) is 0 Å². The second-order valence-electron chi connectivity index (χ2n) is 8.25. The zero-order valence-corrected chi connectivity index (χ0v) is 17.2. The average Bonchev–Trinajstić information content (AvgIpc) is 2.54. The lowest BCUT2D eigenvalue weighted by atomic mass is 9.63. The second kappa shape index (κ2) is 18.4. The fourth-order valence-electron chi connectivity index (χ4n) is 3.65. The maximum Gasteiger partial charge on any atom is 0.121 e. The van der Waals surface area contributed by atoms with Gasteiger partial charge in [0.1, 0.15) is 7.28 Å². The van der Waals surface area contributed by atoms with Crippen LogP contribution in [-0.2, 0) is 0 Å². The van der Waals surface area contributed by atoms with Crippen molar-refractivity contribution in [2.75, 3.05) is 0 Å². The normalized spacial score (nSPS) is 13.9. The minimum absolute atomic E-state index is 0.961. The molecule has 0 amide bonds. The molecule has 0 aliphatic rings. The van der Waals surface area contributed by atoms with Crippen LogP contribution in [-0.4, -0.2) is 7.28 Å². The molecule has 0 radical (unpaired) electrons. The summed E-state index contributed by atoms with van der Waals surface area (Å²) in [7, 11) is 1.47. The maximum atomic E-state index is 2.48. The molecule has 0 aliphatic heterocycles.